The molecule has 1 aromatic heterocycles. The van der Waals surface area contributed by atoms with E-state index in [4.69, 9.17) is 4.74 Å². The highest BCUT2D eigenvalue weighted by molar-refractivity contribution is 7.89. The fourth-order valence-electron chi connectivity index (χ4n) is 3.99. The number of morpholine rings is 1. The van der Waals surface area contributed by atoms with Crippen molar-refractivity contribution in [3.63, 3.8) is 0 Å². The van der Waals surface area contributed by atoms with Crippen LogP contribution in [0.5, 0.6) is 0 Å². The number of fused-ring (bicyclic) bond motifs is 5. The minimum atomic E-state index is -4.08. The quantitative estimate of drug-likeness (QED) is 0.532. The smallest absolute Gasteiger partial charge is 0.256 e. The molecule has 1 fully saturated rings. The van der Waals surface area contributed by atoms with Crippen LogP contribution >= 0.6 is 0 Å². The van der Waals surface area contributed by atoms with E-state index in [2.05, 4.69) is 9.82 Å². The number of sulfonamides is 1. The molecule has 0 amide bonds. The average Bonchev–Trinajstić information content (AvgIpc) is 3.06. The van der Waals surface area contributed by atoms with Gasteiger partial charge in [0.05, 0.1) is 18.9 Å². The lowest BCUT2D eigenvalue weighted by molar-refractivity contribution is 0.0272. The third-order valence-corrected chi connectivity index (χ3v) is 6.77. The van der Waals surface area contributed by atoms with E-state index in [1.165, 1.54) is 17.1 Å². The molecule has 0 bridgehead atoms. The number of nitrogens with zero attached hydrogens (tertiary/aromatic N) is 1. The molecule has 2 heterocycles. The predicted molar refractivity (Wildman–Crippen MR) is 105 cm³/mol. The molecule has 1 aliphatic carbocycles. The van der Waals surface area contributed by atoms with Crippen molar-refractivity contribution < 1.29 is 17.5 Å². The number of aromatic amines is 1. The first-order valence-electron chi connectivity index (χ1n) is 9.26. The van der Waals surface area contributed by atoms with Crippen LogP contribution in [0.3, 0.4) is 0 Å². The second-order valence-electron chi connectivity index (χ2n) is 7.16. The number of ether oxygens (including phenoxy) is 1. The van der Waals surface area contributed by atoms with Crippen LogP contribution in [0.2, 0.25) is 0 Å². The van der Waals surface area contributed by atoms with Gasteiger partial charge in [-0.25, -0.2) is 17.8 Å². The number of H-pyrrole nitrogens is 1. The third kappa shape index (κ3) is 3.06. The van der Waals surface area contributed by atoms with E-state index >= 15 is 0 Å². The Labute approximate surface area is 166 Å². The van der Waals surface area contributed by atoms with Crippen LogP contribution in [0, 0.1) is 5.82 Å². The lowest BCUT2D eigenvalue weighted by atomic mass is 10.0. The number of halogens is 1. The summed E-state index contributed by atoms with van der Waals surface area (Å²) in [6.45, 7) is 1.60. The first-order chi connectivity index (χ1) is 13.9. The van der Waals surface area contributed by atoms with Crippen molar-refractivity contribution in [1.29, 1.82) is 0 Å². The van der Waals surface area contributed by atoms with Crippen LogP contribution in [0.1, 0.15) is 11.1 Å². The second-order valence-corrected chi connectivity index (χ2v) is 8.79. The van der Waals surface area contributed by atoms with Crippen LogP contribution in [0.15, 0.2) is 46.1 Å². The van der Waals surface area contributed by atoms with E-state index in [1.54, 1.807) is 12.1 Å². The van der Waals surface area contributed by atoms with Gasteiger partial charge in [-0.3, -0.25) is 4.79 Å². The van der Waals surface area contributed by atoms with Crippen molar-refractivity contribution in [2.24, 2.45) is 0 Å². The minimum Gasteiger partial charge on any atom is -0.379 e. The molecule has 0 atom stereocenters. The Kier molecular flexibility index (Phi) is 4.28. The van der Waals surface area contributed by atoms with Gasteiger partial charge in [0.1, 0.15) is 10.7 Å². The fourth-order valence-corrected chi connectivity index (χ4v) is 5.23. The van der Waals surface area contributed by atoms with Crippen molar-refractivity contribution in [3.05, 3.63) is 63.7 Å². The summed E-state index contributed by atoms with van der Waals surface area (Å²) < 4.78 is 45.6. The fraction of sp³-hybridized carbons (Fsp3) is 0.250. The number of nitrogens with one attached hydrogen (secondary N) is 2. The monoisotopic (exact) mass is 415 g/mol. The molecule has 5 rings (SSSR count). The molecule has 1 aliphatic heterocycles. The molecule has 1 saturated heterocycles. The zero-order valence-corrected chi connectivity index (χ0v) is 16.2. The number of rotatable bonds is 3. The minimum absolute atomic E-state index is 0.252. The van der Waals surface area contributed by atoms with Gasteiger partial charge in [0.25, 0.3) is 15.6 Å². The van der Waals surface area contributed by atoms with Crippen LogP contribution in [-0.2, 0) is 21.2 Å². The van der Waals surface area contributed by atoms with E-state index in [0.29, 0.717) is 54.9 Å². The maximum Gasteiger partial charge on any atom is 0.256 e. The molecule has 0 saturated carbocycles. The maximum atomic E-state index is 14.8. The van der Waals surface area contributed by atoms with Gasteiger partial charge in [0.2, 0.25) is 0 Å². The summed E-state index contributed by atoms with van der Waals surface area (Å²) in [5.74, 6) is -0.855. The molecule has 2 N–H and O–H groups in total. The molecule has 7 nitrogen and oxygen atoms in total. The van der Waals surface area contributed by atoms with Gasteiger partial charge in [-0.1, -0.05) is 18.2 Å². The molecule has 0 spiro atoms. The van der Waals surface area contributed by atoms with E-state index in [-0.39, 0.29) is 5.56 Å². The van der Waals surface area contributed by atoms with Crippen LogP contribution in [0.25, 0.3) is 22.0 Å². The summed E-state index contributed by atoms with van der Waals surface area (Å²) in [4.78, 5) is 17.3. The van der Waals surface area contributed by atoms with Crippen LogP contribution < -0.4 is 10.4 Å². The van der Waals surface area contributed by atoms with Crippen molar-refractivity contribution in [2.45, 2.75) is 11.3 Å². The number of benzene rings is 2. The van der Waals surface area contributed by atoms with E-state index in [0.717, 1.165) is 10.9 Å². The van der Waals surface area contributed by atoms with Gasteiger partial charge in [0, 0.05) is 30.5 Å². The Morgan fingerprint density at radius 1 is 1.10 bits per heavy atom. The largest absolute Gasteiger partial charge is 0.379 e. The van der Waals surface area contributed by atoms with Gasteiger partial charge in [-0.15, -0.1) is 4.83 Å². The molecule has 2 aromatic carbocycles. The van der Waals surface area contributed by atoms with Crippen molar-refractivity contribution in [2.75, 3.05) is 26.3 Å². The number of pyridine rings is 1. The Morgan fingerprint density at radius 2 is 1.83 bits per heavy atom. The lowest BCUT2D eigenvalue weighted by Crippen LogP contribution is -2.48. The molecule has 9 heteroatoms. The van der Waals surface area contributed by atoms with Gasteiger partial charge >= 0.3 is 0 Å². The number of hydrazine groups is 1. The first-order valence-corrected chi connectivity index (χ1v) is 10.7. The highest BCUT2D eigenvalue weighted by atomic mass is 32.2. The Hall–Kier alpha value is -2.59. The SMILES string of the molecule is O=c1[nH]c2c(c3ccccc13)Cc1cc(S(=O)(=O)NN3CCOCC3)c(F)cc1-2. The molecule has 3 aromatic rings. The molecule has 0 unspecified atom stereocenters. The Balaban J connectivity index is 1.58. The second kappa shape index (κ2) is 6.74. The third-order valence-electron chi connectivity index (χ3n) is 5.38. The van der Waals surface area contributed by atoms with E-state index < -0.39 is 20.7 Å². The molecule has 0 radical (unpaired) electrons. The van der Waals surface area contributed by atoms with Crippen molar-refractivity contribution in [1.82, 2.24) is 14.8 Å². The molecular weight excluding hydrogens is 397 g/mol. The molecule has 150 valence electrons. The zero-order valence-electron chi connectivity index (χ0n) is 15.4. The topological polar surface area (TPSA) is 91.5 Å². The molecule has 29 heavy (non-hydrogen) atoms. The summed E-state index contributed by atoms with van der Waals surface area (Å²) in [7, 11) is -4.08. The molecular formula is C20H18FN3O4S. The standard InChI is InChI=1S/C20H18FN3O4S/c21-17-11-15-12(10-18(17)29(26,27)23-24-5-7-28-8-6-24)9-16-13-3-1-2-4-14(13)20(25)22-19(15)16/h1-4,10-11,23H,5-9H2,(H,22,25). The molecule has 2 aliphatic rings. The van der Waals surface area contributed by atoms with Gasteiger partial charge in [-0.05, 0) is 34.7 Å². The first kappa shape index (κ1) is 18.4. The highest BCUT2D eigenvalue weighted by Gasteiger charge is 2.29. The van der Waals surface area contributed by atoms with E-state index in [9.17, 15) is 17.6 Å². The van der Waals surface area contributed by atoms with Gasteiger partial charge < -0.3 is 9.72 Å². The number of aromatic nitrogens is 1. The highest BCUT2D eigenvalue weighted by Crippen LogP contribution is 2.39. The van der Waals surface area contributed by atoms with Gasteiger partial charge in [-0.2, -0.15) is 0 Å². The maximum absolute atomic E-state index is 14.8. The lowest BCUT2D eigenvalue weighted by Gasteiger charge is -2.26. The normalized spacial score (nSPS) is 16.7. The summed E-state index contributed by atoms with van der Waals surface area (Å²) >= 11 is 0. The van der Waals surface area contributed by atoms with Crippen LogP contribution in [0.4, 0.5) is 4.39 Å². The van der Waals surface area contributed by atoms with Crippen molar-refractivity contribution in [3.8, 4) is 11.3 Å². The summed E-state index contributed by atoms with van der Waals surface area (Å²) in [6.07, 6.45) is 0.419. The predicted octanol–water partition coefficient (Wildman–Crippen LogP) is 1.76. The van der Waals surface area contributed by atoms with Crippen LogP contribution in [-0.4, -0.2) is 44.7 Å². The van der Waals surface area contributed by atoms with Gasteiger partial charge in [0.15, 0.2) is 0 Å². The number of hydrogen-bond acceptors (Lipinski definition) is 5. The number of hydrogen-bond donors (Lipinski definition) is 2. The Bertz CT molecular complexity index is 1300. The summed E-state index contributed by atoms with van der Waals surface area (Å²) in [5, 5.41) is 2.85. The van der Waals surface area contributed by atoms with E-state index in [1.807, 2.05) is 12.1 Å². The summed E-state index contributed by atoms with van der Waals surface area (Å²) in [5.41, 5.74) is 2.35. The van der Waals surface area contributed by atoms with Crippen molar-refractivity contribution >= 4 is 20.8 Å². The summed E-state index contributed by atoms with van der Waals surface area (Å²) in [6, 6.07) is 9.77. The Morgan fingerprint density at radius 3 is 2.59 bits per heavy atom. The zero-order chi connectivity index (χ0) is 20.2. The average molecular weight is 415 g/mol.